The van der Waals surface area contributed by atoms with Crippen molar-refractivity contribution < 1.29 is 19.1 Å². The van der Waals surface area contributed by atoms with E-state index < -0.39 is 17.8 Å². The fourth-order valence-electron chi connectivity index (χ4n) is 2.02. The number of barbiturate groups is 1. The third-order valence-electron chi connectivity index (χ3n) is 3.22. The molecule has 0 unspecified atom stereocenters. The van der Waals surface area contributed by atoms with Gasteiger partial charge in [-0.3, -0.25) is 20.2 Å². The van der Waals surface area contributed by atoms with Crippen molar-refractivity contribution in [2.24, 2.45) is 0 Å². The number of imide groups is 2. The first-order valence-corrected chi connectivity index (χ1v) is 7.01. The van der Waals surface area contributed by atoms with E-state index in [1.807, 2.05) is 46.7 Å². The maximum absolute atomic E-state index is 11.6. The van der Waals surface area contributed by atoms with Crippen molar-refractivity contribution in [3.63, 3.8) is 0 Å². The van der Waals surface area contributed by atoms with E-state index in [1.165, 1.54) is 6.08 Å². The van der Waals surface area contributed by atoms with Crippen molar-refractivity contribution in [3.05, 3.63) is 48.2 Å². The molecule has 0 bridgehead atoms. The third kappa shape index (κ3) is 3.97. The molecule has 2 N–H and O–H groups in total. The van der Waals surface area contributed by atoms with Gasteiger partial charge in [0.05, 0.1) is 7.11 Å². The molecule has 1 saturated heterocycles. The summed E-state index contributed by atoms with van der Waals surface area (Å²) in [5, 5.41) is 4.03. The summed E-state index contributed by atoms with van der Waals surface area (Å²) in [4.78, 5) is 36.1. The molecule has 7 heteroatoms. The number of hydrogen-bond donors (Lipinski definition) is 2. The number of carbonyl (C=O) groups is 3. The van der Waals surface area contributed by atoms with E-state index in [0.29, 0.717) is 6.54 Å². The molecule has 120 valence electrons. The Hall–Kier alpha value is -3.09. The van der Waals surface area contributed by atoms with Crippen molar-refractivity contribution in [3.8, 4) is 5.75 Å². The average molecular weight is 315 g/mol. The van der Waals surface area contributed by atoms with Gasteiger partial charge in [0, 0.05) is 18.4 Å². The number of amides is 4. The molecule has 0 aromatic heterocycles. The largest absolute Gasteiger partial charge is 0.497 e. The predicted molar refractivity (Wildman–Crippen MR) is 84.9 cm³/mol. The molecule has 2 rings (SSSR count). The van der Waals surface area contributed by atoms with Gasteiger partial charge in [0.25, 0.3) is 11.8 Å². The fraction of sp³-hybridized carbons (Fsp3) is 0.188. The topological polar surface area (TPSA) is 87.7 Å². The number of nitrogens with zero attached hydrogens (tertiary/aromatic N) is 1. The summed E-state index contributed by atoms with van der Waals surface area (Å²) in [6.45, 7) is 2.67. The molecular formula is C16H17N3O4. The smallest absolute Gasteiger partial charge is 0.328 e. The van der Waals surface area contributed by atoms with Crippen LogP contribution in [0.25, 0.3) is 0 Å². The molecule has 1 fully saturated rings. The highest BCUT2D eigenvalue weighted by atomic mass is 16.5. The van der Waals surface area contributed by atoms with E-state index in [4.69, 9.17) is 4.74 Å². The van der Waals surface area contributed by atoms with Gasteiger partial charge in [-0.25, -0.2) is 4.79 Å². The highest BCUT2D eigenvalue weighted by Gasteiger charge is 2.26. The molecule has 23 heavy (non-hydrogen) atoms. The lowest BCUT2D eigenvalue weighted by Crippen LogP contribution is -2.51. The molecule has 1 aromatic carbocycles. The number of methoxy groups -OCH3 is 1. The number of urea groups is 1. The zero-order chi connectivity index (χ0) is 16.8. The van der Waals surface area contributed by atoms with E-state index in [2.05, 4.69) is 0 Å². The first-order valence-electron chi connectivity index (χ1n) is 7.01. The van der Waals surface area contributed by atoms with Crippen molar-refractivity contribution in [2.75, 3.05) is 18.6 Å². The minimum Gasteiger partial charge on any atom is -0.497 e. The molecule has 0 radical (unpaired) electrons. The first kappa shape index (κ1) is 16.3. The Morgan fingerprint density at radius 1 is 1.09 bits per heavy atom. The third-order valence-corrected chi connectivity index (χ3v) is 3.22. The van der Waals surface area contributed by atoms with Crippen LogP contribution in [0.4, 0.5) is 10.5 Å². The van der Waals surface area contributed by atoms with Gasteiger partial charge in [0.15, 0.2) is 0 Å². The van der Waals surface area contributed by atoms with E-state index in [0.717, 1.165) is 11.4 Å². The van der Waals surface area contributed by atoms with Crippen LogP contribution in [0.15, 0.2) is 48.2 Å². The van der Waals surface area contributed by atoms with Gasteiger partial charge in [0.1, 0.15) is 11.3 Å². The summed E-state index contributed by atoms with van der Waals surface area (Å²) in [6, 6.07) is 6.68. The van der Waals surface area contributed by atoms with Crippen LogP contribution < -0.4 is 20.3 Å². The van der Waals surface area contributed by atoms with Crippen molar-refractivity contribution in [2.45, 2.75) is 6.92 Å². The summed E-state index contributed by atoms with van der Waals surface area (Å²) < 4.78 is 5.11. The van der Waals surface area contributed by atoms with Crippen LogP contribution in [-0.2, 0) is 9.59 Å². The number of hydrogen-bond acceptors (Lipinski definition) is 5. The molecule has 1 heterocycles. The Labute approximate surface area is 133 Å². The van der Waals surface area contributed by atoms with Gasteiger partial charge in [-0.05, 0) is 43.3 Å². The molecule has 1 aliphatic heterocycles. The molecule has 1 aliphatic rings. The van der Waals surface area contributed by atoms with Gasteiger partial charge in [-0.1, -0.05) is 0 Å². The minimum atomic E-state index is -0.811. The second kappa shape index (κ2) is 7.26. The monoisotopic (exact) mass is 315 g/mol. The van der Waals surface area contributed by atoms with Crippen LogP contribution >= 0.6 is 0 Å². The predicted octanol–water partition coefficient (Wildman–Crippen LogP) is 1.33. The summed E-state index contributed by atoms with van der Waals surface area (Å²) in [6.07, 6.45) is 4.69. The first-order chi connectivity index (χ1) is 11.0. The summed E-state index contributed by atoms with van der Waals surface area (Å²) in [5.74, 6) is -0.664. The average Bonchev–Trinajstić information content (AvgIpc) is 2.53. The van der Waals surface area contributed by atoms with Crippen LogP contribution in [0, 0.1) is 0 Å². The van der Waals surface area contributed by atoms with Crippen LogP contribution in [0.2, 0.25) is 0 Å². The Bertz CT molecular complexity index is 655. The number of allylic oxidation sites excluding steroid dienone is 2. The molecule has 4 amide bonds. The molecule has 1 aromatic rings. The molecule has 0 saturated carbocycles. The van der Waals surface area contributed by atoms with Gasteiger partial charge < -0.3 is 9.64 Å². The Balaban J connectivity index is 2.12. The number of ether oxygens (including phenoxy) is 1. The highest BCUT2D eigenvalue weighted by Crippen LogP contribution is 2.19. The van der Waals surface area contributed by atoms with Crippen molar-refractivity contribution in [1.82, 2.24) is 10.6 Å². The second-order valence-corrected chi connectivity index (χ2v) is 4.64. The lowest BCUT2D eigenvalue weighted by atomic mass is 10.2. The van der Waals surface area contributed by atoms with E-state index >= 15 is 0 Å². The van der Waals surface area contributed by atoms with Gasteiger partial charge in [0.2, 0.25) is 0 Å². The van der Waals surface area contributed by atoms with Crippen molar-refractivity contribution in [1.29, 1.82) is 0 Å². The van der Waals surface area contributed by atoms with Crippen LogP contribution in [0.3, 0.4) is 0 Å². The second-order valence-electron chi connectivity index (χ2n) is 4.64. The van der Waals surface area contributed by atoms with E-state index in [-0.39, 0.29) is 5.57 Å². The summed E-state index contributed by atoms with van der Waals surface area (Å²) >= 11 is 0. The highest BCUT2D eigenvalue weighted by molar-refractivity contribution is 6.29. The zero-order valence-corrected chi connectivity index (χ0v) is 12.8. The molecule has 0 atom stereocenters. The summed E-state index contributed by atoms with van der Waals surface area (Å²) in [7, 11) is 1.60. The lowest BCUT2D eigenvalue weighted by molar-refractivity contribution is -0.124. The standard InChI is InChI=1S/C16H17N3O4/c1-3-19(11-6-8-12(23-2)9-7-11)10-4-5-13-14(20)17-16(22)18-15(13)21/h4-10H,3H2,1-2H3,(H2,17,18,20,21,22)/b10-4+. The van der Waals surface area contributed by atoms with E-state index in [1.54, 1.807) is 19.4 Å². The van der Waals surface area contributed by atoms with Crippen molar-refractivity contribution >= 4 is 23.5 Å². The minimum absolute atomic E-state index is 0.119. The maximum atomic E-state index is 11.6. The van der Waals surface area contributed by atoms with Crippen LogP contribution in [-0.4, -0.2) is 31.5 Å². The maximum Gasteiger partial charge on any atom is 0.328 e. The molecule has 7 nitrogen and oxygen atoms in total. The number of anilines is 1. The Morgan fingerprint density at radius 3 is 2.22 bits per heavy atom. The SMILES string of the molecule is CCN(/C=C/C=C1C(=O)NC(=O)NC1=O)c1ccc(OC)cc1. The summed E-state index contributed by atoms with van der Waals surface area (Å²) in [5.41, 5.74) is 0.822. The quantitative estimate of drug-likeness (QED) is 0.632. The zero-order valence-electron chi connectivity index (χ0n) is 12.8. The van der Waals surface area contributed by atoms with Crippen LogP contribution in [0.1, 0.15) is 6.92 Å². The number of benzene rings is 1. The van der Waals surface area contributed by atoms with Gasteiger partial charge in [-0.2, -0.15) is 0 Å². The molecular weight excluding hydrogens is 298 g/mol. The normalized spacial score (nSPS) is 14.5. The molecule has 0 aliphatic carbocycles. The lowest BCUT2D eigenvalue weighted by Gasteiger charge is -2.18. The van der Waals surface area contributed by atoms with Gasteiger partial charge in [-0.15, -0.1) is 0 Å². The van der Waals surface area contributed by atoms with Gasteiger partial charge >= 0.3 is 6.03 Å². The van der Waals surface area contributed by atoms with E-state index in [9.17, 15) is 14.4 Å². The number of rotatable bonds is 5. The number of carbonyl (C=O) groups excluding carboxylic acids is 3. The van der Waals surface area contributed by atoms with Crippen LogP contribution in [0.5, 0.6) is 5.75 Å². The number of nitrogens with one attached hydrogen (secondary N) is 2. The Kier molecular flexibility index (Phi) is 5.14. The Morgan fingerprint density at radius 2 is 1.70 bits per heavy atom. The fourth-order valence-corrected chi connectivity index (χ4v) is 2.02. The molecule has 0 spiro atoms.